The average molecular weight is 677 g/mol. The molecule has 3 aliphatic carbocycles. The summed E-state index contributed by atoms with van der Waals surface area (Å²) in [4.78, 5) is 30.3. The molecule has 3 fully saturated rings. The average Bonchev–Trinajstić information content (AvgIpc) is 3.90. The minimum absolute atomic E-state index is 0.00783. The fourth-order valence-electron chi connectivity index (χ4n) is 6.09. The van der Waals surface area contributed by atoms with Gasteiger partial charge < -0.3 is 10.6 Å². The number of fused-ring (bicyclic) bond motifs is 1. The number of carbonyl (C=O) groups excluding carboxylic acids is 2. The van der Waals surface area contributed by atoms with Gasteiger partial charge in [-0.25, -0.2) is 23.0 Å². The van der Waals surface area contributed by atoms with E-state index in [-0.39, 0.29) is 42.6 Å². The molecular weight excluding hydrogens is 644 g/mol. The van der Waals surface area contributed by atoms with E-state index in [2.05, 4.69) is 31.0 Å². The van der Waals surface area contributed by atoms with Gasteiger partial charge in [-0.1, -0.05) is 5.21 Å². The van der Waals surface area contributed by atoms with E-state index in [0.717, 1.165) is 25.7 Å². The van der Waals surface area contributed by atoms with Crippen molar-refractivity contribution in [2.24, 2.45) is 17.8 Å². The van der Waals surface area contributed by atoms with Crippen LogP contribution in [-0.2, 0) is 17.5 Å². The molecule has 18 heteroatoms. The van der Waals surface area contributed by atoms with Gasteiger partial charge in [-0.3, -0.25) is 9.59 Å². The van der Waals surface area contributed by atoms with Gasteiger partial charge in [0.15, 0.2) is 17.0 Å². The number of carbonyl (C=O) groups is 2. The Kier molecular flexibility index (Phi) is 8.65. The minimum atomic E-state index is -4.93. The van der Waals surface area contributed by atoms with E-state index in [1.165, 1.54) is 16.9 Å². The molecule has 47 heavy (non-hydrogen) atoms. The molecule has 0 aromatic carbocycles. The van der Waals surface area contributed by atoms with Gasteiger partial charge in [-0.15, -0.1) is 5.10 Å². The van der Waals surface area contributed by atoms with Gasteiger partial charge in [0.2, 0.25) is 11.8 Å². The predicted molar refractivity (Wildman–Crippen MR) is 147 cm³/mol. The molecule has 256 valence electrons. The first-order chi connectivity index (χ1) is 22.1. The van der Waals surface area contributed by atoms with E-state index in [9.17, 15) is 44.7 Å². The Morgan fingerprint density at radius 2 is 1.64 bits per heavy atom. The fraction of sp³-hybridized carbons (Fsp3) is 0.655. The molecule has 0 spiro atoms. The maximum absolute atomic E-state index is 14.1. The number of nitrogens with zero attached hydrogens (tertiary/aromatic N) is 6. The summed E-state index contributed by atoms with van der Waals surface area (Å²) < 4.78 is 110. The maximum Gasteiger partial charge on any atom is 0.435 e. The fourth-order valence-corrected chi connectivity index (χ4v) is 6.09. The topological polar surface area (TPSA) is 119 Å². The highest BCUT2D eigenvalue weighted by atomic mass is 19.4. The number of aromatic nitrogens is 6. The van der Waals surface area contributed by atoms with Crippen molar-refractivity contribution < 1.29 is 44.7 Å². The largest absolute Gasteiger partial charge is 0.435 e. The lowest BCUT2D eigenvalue weighted by Gasteiger charge is -2.33. The molecule has 3 aliphatic rings. The first kappa shape index (κ1) is 33.1. The number of hydrogen-bond acceptors (Lipinski definition) is 6. The Bertz CT molecular complexity index is 1620. The van der Waals surface area contributed by atoms with Gasteiger partial charge in [-0.2, -0.15) is 31.4 Å². The second kappa shape index (κ2) is 12.3. The molecule has 6 rings (SSSR count). The van der Waals surface area contributed by atoms with Crippen LogP contribution in [0.4, 0.5) is 35.1 Å². The summed E-state index contributed by atoms with van der Waals surface area (Å²) in [5.41, 5.74) is -1.35. The van der Waals surface area contributed by atoms with Crippen LogP contribution in [-0.4, -0.2) is 53.5 Å². The third kappa shape index (κ3) is 8.00. The highest BCUT2D eigenvalue weighted by Gasteiger charge is 2.44. The van der Waals surface area contributed by atoms with Gasteiger partial charge in [-0.05, 0) is 67.9 Å². The molecule has 0 aliphatic heterocycles. The molecule has 2 N–H and O–H groups in total. The molecule has 3 aromatic rings. The normalized spacial score (nSPS) is 20.3. The second-order valence-corrected chi connectivity index (χ2v) is 12.8. The van der Waals surface area contributed by atoms with Gasteiger partial charge in [0.1, 0.15) is 0 Å². The third-order valence-corrected chi connectivity index (χ3v) is 8.95. The van der Waals surface area contributed by atoms with Crippen molar-refractivity contribution in [3.63, 3.8) is 0 Å². The van der Waals surface area contributed by atoms with Crippen molar-refractivity contribution in [3.8, 4) is 0 Å². The quantitative estimate of drug-likeness (QED) is 0.242. The second-order valence-electron chi connectivity index (χ2n) is 12.8. The van der Waals surface area contributed by atoms with E-state index in [4.69, 9.17) is 0 Å². The summed E-state index contributed by atoms with van der Waals surface area (Å²) in [5.74, 6) is -5.48. The number of rotatable bonds is 11. The number of alkyl halides is 8. The molecule has 2 atom stereocenters. The highest BCUT2D eigenvalue weighted by Crippen LogP contribution is 2.43. The zero-order chi connectivity index (χ0) is 33.7. The molecule has 3 saturated carbocycles. The number of amides is 2. The van der Waals surface area contributed by atoms with Crippen LogP contribution in [0.3, 0.4) is 0 Å². The van der Waals surface area contributed by atoms with Crippen LogP contribution in [0.2, 0.25) is 0 Å². The van der Waals surface area contributed by atoms with Gasteiger partial charge >= 0.3 is 12.4 Å². The zero-order valence-electron chi connectivity index (χ0n) is 24.9. The van der Waals surface area contributed by atoms with Crippen LogP contribution in [0, 0.1) is 17.8 Å². The molecule has 2 amide bonds. The predicted octanol–water partition coefficient (Wildman–Crippen LogP) is 5.96. The van der Waals surface area contributed by atoms with E-state index in [1.807, 2.05) is 0 Å². The van der Waals surface area contributed by atoms with Crippen LogP contribution in [0.15, 0.2) is 18.5 Å². The van der Waals surface area contributed by atoms with Crippen molar-refractivity contribution in [2.45, 2.75) is 101 Å². The standard InChI is InChI=1S/C29H32F8N8O2/c30-27(31)8-5-17(6-9-27)23(41-26(47)24-25(29(35,36)37)45(43-42-24)13-15-1-2-15)19-14-44-20(39-19)11-18(12-38-44)22(16-3-4-16)40-21(46)7-10-28(32,33)34/h11-12,14-17,22-23H,1-10,13H2,(H,40,46)(H,41,47)/t22-,23+/m1/s1. The maximum atomic E-state index is 14.1. The molecule has 3 heterocycles. The van der Waals surface area contributed by atoms with Crippen molar-refractivity contribution >= 4 is 17.5 Å². The highest BCUT2D eigenvalue weighted by molar-refractivity contribution is 5.93. The van der Waals surface area contributed by atoms with Crippen molar-refractivity contribution in [2.75, 3.05) is 0 Å². The minimum Gasteiger partial charge on any atom is -0.349 e. The lowest BCUT2D eigenvalue weighted by atomic mass is 9.81. The summed E-state index contributed by atoms with van der Waals surface area (Å²) in [6, 6.07) is -0.133. The number of imidazole rings is 1. The van der Waals surface area contributed by atoms with E-state index >= 15 is 0 Å². The van der Waals surface area contributed by atoms with Gasteiger partial charge in [0.05, 0.1) is 36.6 Å². The number of nitrogens with one attached hydrogen (secondary N) is 2. The van der Waals surface area contributed by atoms with Crippen LogP contribution in [0.25, 0.3) is 5.65 Å². The Morgan fingerprint density at radius 1 is 0.957 bits per heavy atom. The Labute approximate surface area is 262 Å². The van der Waals surface area contributed by atoms with Crippen molar-refractivity contribution in [3.05, 3.63) is 41.1 Å². The van der Waals surface area contributed by atoms with E-state index < -0.39 is 85.2 Å². The van der Waals surface area contributed by atoms with Crippen molar-refractivity contribution in [1.82, 2.24) is 40.2 Å². The molecule has 0 radical (unpaired) electrons. The summed E-state index contributed by atoms with van der Waals surface area (Å²) in [6.45, 7) is -0.0403. The van der Waals surface area contributed by atoms with Crippen LogP contribution in [0.1, 0.15) is 104 Å². The van der Waals surface area contributed by atoms with Crippen molar-refractivity contribution in [1.29, 1.82) is 0 Å². The third-order valence-electron chi connectivity index (χ3n) is 8.95. The molecule has 0 saturated heterocycles. The first-order valence-electron chi connectivity index (χ1n) is 15.5. The number of halogens is 8. The summed E-state index contributed by atoms with van der Waals surface area (Å²) in [7, 11) is 0. The molecule has 10 nitrogen and oxygen atoms in total. The SMILES string of the molecule is O=C(CCC(F)(F)F)N[C@@H](c1cnn2cc([C@@H](NC(=O)c3nnn(CC4CC4)c3C(F)(F)F)C3CCC(F)(F)CC3)nc2c1)C1CC1. The van der Waals surface area contributed by atoms with Crippen LogP contribution >= 0.6 is 0 Å². The van der Waals surface area contributed by atoms with E-state index in [1.54, 1.807) is 6.07 Å². The molecule has 0 bridgehead atoms. The Morgan fingerprint density at radius 3 is 2.26 bits per heavy atom. The lowest BCUT2D eigenvalue weighted by Crippen LogP contribution is -2.38. The Hall–Kier alpha value is -3.86. The summed E-state index contributed by atoms with van der Waals surface area (Å²) in [6.07, 6.45) is -6.67. The Balaban J connectivity index is 1.27. The number of hydrogen-bond donors (Lipinski definition) is 2. The monoisotopic (exact) mass is 676 g/mol. The molecule has 0 unspecified atom stereocenters. The van der Waals surface area contributed by atoms with Gasteiger partial charge in [0, 0.05) is 25.8 Å². The zero-order valence-corrected chi connectivity index (χ0v) is 24.9. The lowest BCUT2D eigenvalue weighted by molar-refractivity contribution is -0.144. The molecular formula is C29H32F8N8O2. The van der Waals surface area contributed by atoms with Crippen LogP contribution in [0.5, 0.6) is 0 Å². The molecule has 3 aromatic heterocycles. The first-order valence-corrected chi connectivity index (χ1v) is 15.5. The van der Waals surface area contributed by atoms with Gasteiger partial charge in [0.25, 0.3) is 5.91 Å². The summed E-state index contributed by atoms with van der Waals surface area (Å²) in [5, 5.41) is 16.7. The van der Waals surface area contributed by atoms with Crippen LogP contribution < -0.4 is 10.6 Å². The summed E-state index contributed by atoms with van der Waals surface area (Å²) >= 11 is 0. The van der Waals surface area contributed by atoms with E-state index in [0.29, 0.717) is 10.2 Å². The smallest absolute Gasteiger partial charge is 0.349 e.